The lowest BCUT2D eigenvalue weighted by Crippen LogP contribution is -1.91. The van der Waals surface area contributed by atoms with E-state index in [-0.39, 0.29) is 12.8 Å². The van der Waals surface area contributed by atoms with Crippen LogP contribution < -0.4 is 0 Å². The molecule has 0 amide bonds. The maximum atomic E-state index is 13.3. The van der Waals surface area contributed by atoms with Crippen molar-refractivity contribution in [3.63, 3.8) is 0 Å². The van der Waals surface area contributed by atoms with Gasteiger partial charge >= 0.3 is 0 Å². The lowest BCUT2D eigenvalue weighted by Gasteiger charge is -2.05. The molecule has 0 atom stereocenters. The fourth-order valence-corrected chi connectivity index (χ4v) is 1.60. The number of hydrogen-bond donors (Lipinski definition) is 0. The van der Waals surface area contributed by atoms with Crippen LogP contribution in [-0.4, -0.2) is 0 Å². The van der Waals surface area contributed by atoms with Crippen LogP contribution in [0.4, 0.5) is 8.78 Å². The summed E-state index contributed by atoms with van der Waals surface area (Å²) < 4.78 is 26.6. The van der Waals surface area contributed by atoms with Gasteiger partial charge in [0.05, 0.1) is 0 Å². The summed E-state index contributed by atoms with van der Waals surface area (Å²) in [5, 5.41) is 0. The summed E-state index contributed by atoms with van der Waals surface area (Å²) in [6.07, 6.45) is 3.97. The van der Waals surface area contributed by atoms with Gasteiger partial charge in [-0.3, -0.25) is 0 Å². The van der Waals surface area contributed by atoms with Crippen molar-refractivity contribution >= 4 is 0 Å². The molecule has 0 aromatic heterocycles. The molecule has 0 aliphatic rings. The Bertz CT molecular complexity index is 183. The Hall–Kier alpha value is -0.400. The zero-order valence-corrected chi connectivity index (χ0v) is 11.2. The minimum Gasteiger partial charge on any atom is -0.209 e. The van der Waals surface area contributed by atoms with Gasteiger partial charge in [-0.15, -0.1) is 0 Å². The summed E-state index contributed by atoms with van der Waals surface area (Å²) in [6, 6.07) is 0. The molecule has 0 aliphatic heterocycles. The van der Waals surface area contributed by atoms with Crippen molar-refractivity contribution in [3.05, 3.63) is 11.7 Å². The third kappa shape index (κ3) is 8.87. The molecule has 0 saturated carbocycles. The van der Waals surface area contributed by atoms with E-state index in [0.717, 1.165) is 25.7 Å². The molecular formula is C14H26F2. The Morgan fingerprint density at radius 1 is 0.750 bits per heavy atom. The third-order valence-corrected chi connectivity index (χ3v) is 2.65. The second-order valence-corrected chi connectivity index (χ2v) is 5.38. The molecule has 0 aromatic carbocycles. The molecule has 0 unspecified atom stereocenters. The molecular weight excluding hydrogens is 206 g/mol. The van der Waals surface area contributed by atoms with Crippen LogP contribution in [0.2, 0.25) is 0 Å². The normalized spacial score (nSPS) is 13.5. The van der Waals surface area contributed by atoms with E-state index in [1.165, 1.54) is 0 Å². The highest BCUT2D eigenvalue weighted by Gasteiger charge is 2.07. The molecule has 0 nitrogen and oxygen atoms in total. The molecule has 16 heavy (non-hydrogen) atoms. The average Bonchev–Trinajstić information content (AvgIpc) is 2.16. The van der Waals surface area contributed by atoms with E-state index in [0.29, 0.717) is 11.8 Å². The molecule has 96 valence electrons. The SMILES string of the molecule is CC(C)CCC/C(F)=C(\F)CCCC(C)C. The summed E-state index contributed by atoms with van der Waals surface area (Å²) in [4.78, 5) is 0. The Balaban J connectivity index is 3.77. The Morgan fingerprint density at radius 3 is 1.31 bits per heavy atom. The number of allylic oxidation sites excluding steroid dienone is 2. The molecule has 0 saturated heterocycles. The van der Waals surface area contributed by atoms with Crippen LogP contribution in [0.5, 0.6) is 0 Å². The van der Waals surface area contributed by atoms with Gasteiger partial charge in [-0.2, -0.15) is 0 Å². The molecule has 0 bridgehead atoms. The maximum Gasteiger partial charge on any atom is 0.131 e. The smallest absolute Gasteiger partial charge is 0.131 e. The zero-order chi connectivity index (χ0) is 12.6. The van der Waals surface area contributed by atoms with E-state index in [1.807, 2.05) is 0 Å². The largest absolute Gasteiger partial charge is 0.209 e. The minimum atomic E-state index is -0.524. The van der Waals surface area contributed by atoms with Crippen LogP contribution in [0.1, 0.15) is 66.2 Å². The first-order valence-corrected chi connectivity index (χ1v) is 6.46. The van der Waals surface area contributed by atoms with Crippen molar-refractivity contribution < 1.29 is 8.78 Å². The van der Waals surface area contributed by atoms with Gasteiger partial charge in [0.2, 0.25) is 0 Å². The molecule has 0 spiro atoms. The van der Waals surface area contributed by atoms with E-state index >= 15 is 0 Å². The van der Waals surface area contributed by atoms with Crippen LogP contribution in [0.3, 0.4) is 0 Å². The van der Waals surface area contributed by atoms with Gasteiger partial charge in [0.15, 0.2) is 0 Å². The summed E-state index contributed by atoms with van der Waals surface area (Å²) >= 11 is 0. The van der Waals surface area contributed by atoms with Gasteiger partial charge in [-0.05, 0) is 24.7 Å². The summed E-state index contributed by atoms with van der Waals surface area (Å²) in [7, 11) is 0. The lowest BCUT2D eigenvalue weighted by atomic mass is 10.0. The van der Waals surface area contributed by atoms with Crippen LogP contribution in [-0.2, 0) is 0 Å². The molecule has 2 heteroatoms. The predicted octanol–water partition coefficient (Wildman–Crippen LogP) is 5.79. The Morgan fingerprint density at radius 2 is 1.06 bits per heavy atom. The van der Waals surface area contributed by atoms with Gasteiger partial charge in [0.25, 0.3) is 0 Å². The second kappa shape index (κ2) is 8.72. The van der Waals surface area contributed by atoms with E-state index in [9.17, 15) is 8.78 Å². The van der Waals surface area contributed by atoms with Crippen LogP contribution in [0.25, 0.3) is 0 Å². The second-order valence-electron chi connectivity index (χ2n) is 5.38. The van der Waals surface area contributed by atoms with Gasteiger partial charge in [0, 0.05) is 12.8 Å². The van der Waals surface area contributed by atoms with Crippen molar-refractivity contribution in [3.8, 4) is 0 Å². The van der Waals surface area contributed by atoms with Crippen molar-refractivity contribution in [2.24, 2.45) is 11.8 Å². The van der Waals surface area contributed by atoms with Crippen LogP contribution >= 0.6 is 0 Å². The van der Waals surface area contributed by atoms with E-state index in [4.69, 9.17) is 0 Å². The third-order valence-electron chi connectivity index (χ3n) is 2.65. The molecule has 0 heterocycles. The predicted molar refractivity (Wildman–Crippen MR) is 66.6 cm³/mol. The Kier molecular flexibility index (Phi) is 8.50. The van der Waals surface area contributed by atoms with Crippen molar-refractivity contribution in [2.75, 3.05) is 0 Å². The van der Waals surface area contributed by atoms with Crippen LogP contribution in [0.15, 0.2) is 11.7 Å². The van der Waals surface area contributed by atoms with Crippen molar-refractivity contribution in [1.29, 1.82) is 0 Å². The quantitative estimate of drug-likeness (QED) is 0.497. The minimum absolute atomic E-state index is 0.270. The molecule has 0 aromatic rings. The standard InChI is InChI=1S/C14H26F2/c1-11(2)7-5-9-13(15)14(16)10-6-8-12(3)4/h11-12H,5-10H2,1-4H3/b14-13+. The van der Waals surface area contributed by atoms with Gasteiger partial charge in [-0.1, -0.05) is 40.5 Å². The first kappa shape index (κ1) is 15.6. The first-order chi connectivity index (χ1) is 7.43. The molecule has 0 N–H and O–H groups in total. The monoisotopic (exact) mass is 232 g/mol. The zero-order valence-electron chi connectivity index (χ0n) is 11.2. The fraction of sp³-hybridized carbons (Fsp3) is 0.857. The van der Waals surface area contributed by atoms with Gasteiger partial charge in [-0.25, -0.2) is 8.78 Å². The number of rotatable bonds is 8. The molecule has 0 radical (unpaired) electrons. The van der Waals surface area contributed by atoms with E-state index in [2.05, 4.69) is 27.7 Å². The van der Waals surface area contributed by atoms with E-state index < -0.39 is 11.7 Å². The maximum absolute atomic E-state index is 13.3. The first-order valence-electron chi connectivity index (χ1n) is 6.46. The highest BCUT2D eigenvalue weighted by Crippen LogP contribution is 2.22. The Labute approximate surface area is 99.1 Å². The fourth-order valence-electron chi connectivity index (χ4n) is 1.60. The highest BCUT2D eigenvalue weighted by molar-refractivity contribution is 4.99. The van der Waals surface area contributed by atoms with Crippen molar-refractivity contribution in [1.82, 2.24) is 0 Å². The van der Waals surface area contributed by atoms with Gasteiger partial charge in [0.1, 0.15) is 11.7 Å². The number of hydrogen-bond acceptors (Lipinski definition) is 0. The van der Waals surface area contributed by atoms with E-state index in [1.54, 1.807) is 0 Å². The number of halogens is 2. The van der Waals surface area contributed by atoms with Crippen LogP contribution in [0, 0.1) is 11.8 Å². The lowest BCUT2D eigenvalue weighted by molar-refractivity contribution is 0.445. The molecule has 0 fully saturated rings. The topological polar surface area (TPSA) is 0 Å². The van der Waals surface area contributed by atoms with Gasteiger partial charge < -0.3 is 0 Å². The summed E-state index contributed by atoms with van der Waals surface area (Å²) in [5.41, 5.74) is 0. The molecule has 0 rings (SSSR count). The highest BCUT2D eigenvalue weighted by atomic mass is 19.2. The van der Waals surface area contributed by atoms with Crippen molar-refractivity contribution in [2.45, 2.75) is 66.2 Å². The molecule has 0 aliphatic carbocycles. The summed E-state index contributed by atoms with van der Waals surface area (Å²) in [6.45, 7) is 8.39. The summed E-state index contributed by atoms with van der Waals surface area (Å²) in [5.74, 6) is 0.0856. The average molecular weight is 232 g/mol.